The van der Waals surface area contributed by atoms with Crippen molar-refractivity contribution < 1.29 is 18.3 Å². The van der Waals surface area contributed by atoms with Gasteiger partial charge in [-0.1, -0.05) is 82.7 Å². The summed E-state index contributed by atoms with van der Waals surface area (Å²) in [4.78, 5) is 14.6. The molecule has 0 spiro atoms. The topological polar surface area (TPSA) is 86.7 Å². The lowest BCUT2D eigenvalue weighted by Gasteiger charge is -2.25. The number of aliphatic carboxylic acids is 1. The van der Waals surface area contributed by atoms with E-state index in [1.807, 2.05) is 47.8 Å². The van der Waals surface area contributed by atoms with Gasteiger partial charge in [-0.15, -0.1) is 0 Å². The van der Waals surface area contributed by atoms with E-state index >= 15 is 0 Å². The van der Waals surface area contributed by atoms with Crippen molar-refractivity contribution in [1.29, 1.82) is 0 Å². The second-order valence-electron chi connectivity index (χ2n) is 9.98. The van der Waals surface area contributed by atoms with Crippen LogP contribution in [0.2, 0.25) is 0 Å². The molecular weight excluding hydrogens is 561 g/mol. The number of anilines is 1. The molecule has 9 heteroatoms. The van der Waals surface area contributed by atoms with E-state index in [1.165, 1.54) is 75.0 Å². The Hall–Kier alpha value is -1.68. The lowest BCUT2D eigenvalue weighted by molar-refractivity contribution is -0.138. The van der Waals surface area contributed by atoms with Gasteiger partial charge >= 0.3 is 5.97 Å². The Bertz CT molecular complexity index is 1030. The smallest absolute Gasteiger partial charge is 0.312 e. The van der Waals surface area contributed by atoms with Crippen molar-refractivity contribution in [2.24, 2.45) is 0 Å². The minimum absolute atomic E-state index is 0.122. The van der Waals surface area contributed by atoms with Crippen LogP contribution < -0.4 is 9.62 Å². The lowest BCUT2D eigenvalue weighted by Crippen LogP contribution is -2.32. The highest BCUT2D eigenvalue weighted by Crippen LogP contribution is 2.23. The molecule has 0 bridgehead atoms. The molecule has 0 aliphatic heterocycles. The maximum Gasteiger partial charge on any atom is 0.312 e. The Morgan fingerprint density at radius 2 is 1.35 bits per heavy atom. The third kappa shape index (κ3) is 13.3. The first-order chi connectivity index (χ1) is 19.4. The molecule has 0 aliphatic rings. The minimum atomic E-state index is -3.79. The molecule has 2 aromatic carbocycles. The summed E-state index contributed by atoms with van der Waals surface area (Å²) < 4.78 is 27.7. The Morgan fingerprint density at radius 3 is 1.85 bits per heavy atom. The van der Waals surface area contributed by atoms with Gasteiger partial charge in [-0.3, -0.25) is 4.79 Å². The Balaban J connectivity index is 2.00. The summed E-state index contributed by atoms with van der Waals surface area (Å²) in [6.45, 7) is 6.17. The summed E-state index contributed by atoms with van der Waals surface area (Å²) >= 11 is 4.01. The van der Waals surface area contributed by atoms with Crippen molar-refractivity contribution in [2.75, 3.05) is 47.5 Å². The van der Waals surface area contributed by atoms with E-state index in [2.05, 4.69) is 23.5 Å². The number of hydrogen-bond donors (Lipinski definition) is 2. The van der Waals surface area contributed by atoms with Gasteiger partial charge in [-0.25, -0.2) is 13.1 Å². The zero-order valence-corrected chi connectivity index (χ0v) is 26.7. The van der Waals surface area contributed by atoms with Crippen LogP contribution in [0.5, 0.6) is 0 Å². The van der Waals surface area contributed by atoms with Gasteiger partial charge in [0.25, 0.3) is 0 Å². The van der Waals surface area contributed by atoms with Gasteiger partial charge in [0.1, 0.15) is 0 Å². The lowest BCUT2D eigenvalue weighted by atomic mass is 9.99. The molecular formula is C31H48N2O4S3. The Kier molecular flexibility index (Phi) is 17.5. The molecule has 0 saturated heterocycles. The van der Waals surface area contributed by atoms with E-state index in [4.69, 9.17) is 0 Å². The first kappa shape index (κ1) is 34.5. The highest BCUT2D eigenvalue weighted by Gasteiger charge is 2.23. The highest BCUT2D eigenvalue weighted by atomic mass is 32.2. The third-order valence-electron chi connectivity index (χ3n) is 6.79. The van der Waals surface area contributed by atoms with E-state index in [0.717, 1.165) is 30.3 Å². The second-order valence-corrected chi connectivity index (χ2v) is 14.2. The van der Waals surface area contributed by atoms with Crippen LogP contribution >= 0.6 is 23.5 Å². The predicted octanol–water partition coefficient (Wildman–Crippen LogP) is 7.27. The number of sulfonamides is 1. The molecule has 1 unspecified atom stereocenters. The monoisotopic (exact) mass is 608 g/mol. The first-order valence-corrected chi connectivity index (χ1v) is 18.5. The average molecular weight is 609 g/mol. The fraction of sp³-hybridized carbons (Fsp3) is 0.581. The SMILES string of the molecule is CCCCCCSCCN(CCSCCCCCC)c1ccc(C(CNS(=O)(=O)c2ccccc2)C(=O)O)cc1. The molecule has 0 radical (unpaired) electrons. The molecule has 0 fully saturated rings. The molecule has 224 valence electrons. The van der Waals surface area contributed by atoms with Gasteiger partial charge < -0.3 is 10.0 Å². The number of nitrogens with zero attached hydrogens (tertiary/aromatic N) is 1. The fourth-order valence-electron chi connectivity index (χ4n) is 4.33. The molecule has 0 amide bonds. The van der Waals surface area contributed by atoms with Crippen molar-refractivity contribution in [1.82, 2.24) is 4.72 Å². The van der Waals surface area contributed by atoms with E-state index < -0.39 is 21.9 Å². The molecule has 0 saturated carbocycles. The van der Waals surface area contributed by atoms with Crippen LogP contribution in [0.25, 0.3) is 0 Å². The summed E-state index contributed by atoms with van der Waals surface area (Å²) in [6, 6.07) is 15.6. The van der Waals surface area contributed by atoms with Gasteiger partial charge in [0.05, 0.1) is 10.8 Å². The molecule has 1 atom stereocenters. The quantitative estimate of drug-likeness (QED) is 0.128. The largest absolute Gasteiger partial charge is 0.481 e. The van der Waals surface area contributed by atoms with Gasteiger partial charge in [-0.05, 0) is 54.2 Å². The van der Waals surface area contributed by atoms with Crippen molar-refractivity contribution >= 4 is 45.2 Å². The number of carboxylic acid groups (broad SMARTS) is 1. The number of benzene rings is 2. The zero-order chi connectivity index (χ0) is 29.1. The summed E-state index contributed by atoms with van der Waals surface area (Å²) in [7, 11) is -3.79. The third-order valence-corrected chi connectivity index (χ3v) is 10.3. The fourth-order valence-corrected chi connectivity index (χ4v) is 7.32. The van der Waals surface area contributed by atoms with Crippen LogP contribution in [0, 0.1) is 0 Å². The molecule has 0 aliphatic carbocycles. The Morgan fingerprint density at radius 1 is 0.800 bits per heavy atom. The van der Waals surface area contributed by atoms with Gasteiger partial charge in [0.2, 0.25) is 10.0 Å². The Labute approximate surface area is 251 Å². The van der Waals surface area contributed by atoms with Crippen molar-refractivity contribution in [3.63, 3.8) is 0 Å². The molecule has 2 rings (SSSR count). The standard InChI is InChI=1S/C31H48N2O4S3/c1-3-5-7-12-22-38-24-20-33(21-25-39-23-13-8-6-4-2)28-18-16-27(17-19-28)30(31(34)35)26-32-40(36,37)29-14-10-9-11-15-29/h9-11,14-19,30,32H,3-8,12-13,20-26H2,1-2H3,(H,34,35). The van der Waals surface area contributed by atoms with E-state index in [1.54, 1.807) is 18.2 Å². The molecule has 0 heterocycles. The van der Waals surface area contributed by atoms with Crippen LogP contribution in [0.4, 0.5) is 5.69 Å². The van der Waals surface area contributed by atoms with Crippen molar-refractivity contribution in [2.45, 2.75) is 76.0 Å². The summed E-state index contributed by atoms with van der Waals surface area (Å²) in [5.74, 6) is 2.48. The van der Waals surface area contributed by atoms with Crippen LogP contribution in [-0.2, 0) is 14.8 Å². The predicted molar refractivity (Wildman–Crippen MR) is 174 cm³/mol. The number of thioether (sulfide) groups is 2. The highest BCUT2D eigenvalue weighted by molar-refractivity contribution is 7.99. The molecule has 2 N–H and O–H groups in total. The van der Waals surface area contributed by atoms with Crippen LogP contribution in [0.1, 0.15) is 76.7 Å². The van der Waals surface area contributed by atoms with E-state index in [9.17, 15) is 18.3 Å². The van der Waals surface area contributed by atoms with Crippen molar-refractivity contribution in [3.05, 3.63) is 60.2 Å². The van der Waals surface area contributed by atoms with Crippen LogP contribution in [-0.4, -0.2) is 62.1 Å². The summed E-state index contributed by atoms with van der Waals surface area (Å²) in [5, 5.41) is 9.86. The number of hydrogen-bond acceptors (Lipinski definition) is 6. The molecule has 0 aromatic heterocycles. The summed E-state index contributed by atoms with van der Waals surface area (Å²) in [6.07, 6.45) is 10.3. The number of nitrogens with one attached hydrogen (secondary N) is 1. The van der Waals surface area contributed by atoms with Crippen molar-refractivity contribution in [3.8, 4) is 0 Å². The van der Waals surface area contributed by atoms with Gasteiger partial charge in [0.15, 0.2) is 0 Å². The normalized spacial score (nSPS) is 12.3. The van der Waals surface area contributed by atoms with Crippen LogP contribution in [0.3, 0.4) is 0 Å². The average Bonchev–Trinajstić information content (AvgIpc) is 2.96. The van der Waals surface area contributed by atoms with E-state index in [-0.39, 0.29) is 11.4 Å². The minimum Gasteiger partial charge on any atom is -0.481 e. The number of rotatable bonds is 23. The maximum absolute atomic E-state index is 12.6. The number of carboxylic acids is 1. The van der Waals surface area contributed by atoms with Gasteiger partial charge in [-0.2, -0.15) is 23.5 Å². The maximum atomic E-state index is 12.6. The number of carbonyl (C=O) groups is 1. The zero-order valence-electron chi connectivity index (χ0n) is 24.2. The molecule has 6 nitrogen and oxygen atoms in total. The first-order valence-electron chi connectivity index (χ1n) is 14.7. The number of unbranched alkanes of at least 4 members (excludes halogenated alkanes) is 6. The second kappa shape index (κ2) is 20.2. The van der Waals surface area contributed by atoms with Crippen LogP contribution in [0.15, 0.2) is 59.5 Å². The molecule has 2 aromatic rings. The summed E-state index contributed by atoms with van der Waals surface area (Å²) in [5.41, 5.74) is 1.67. The molecule has 40 heavy (non-hydrogen) atoms. The van der Waals surface area contributed by atoms with E-state index in [0.29, 0.717) is 5.56 Å². The van der Waals surface area contributed by atoms with Gasteiger partial charge in [0, 0.05) is 36.8 Å².